The van der Waals surface area contributed by atoms with Crippen molar-refractivity contribution in [1.82, 2.24) is 4.98 Å². The molecule has 0 spiro atoms. The van der Waals surface area contributed by atoms with Gasteiger partial charge in [0, 0.05) is 18.5 Å². The summed E-state index contributed by atoms with van der Waals surface area (Å²) in [5.41, 5.74) is 1.16. The van der Waals surface area contributed by atoms with E-state index in [0.717, 1.165) is 0 Å². The Balaban J connectivity index is 2.07. The van der Waals surface area contributed by atoms with E-state index in [0.29, 0.717) is 11.3 Å². The van der Waals surface area contributed by atoms with Gasteiger partial charge >= 0.3 is 5.97 Å². The number of hydrogen-bond acceptors (Lipinski definition) is 3. The van der Waals surface area contributed by atoms with Gasteiger partial charge in [0.05, 0.1) is 18.3 Å². The minimum absolute atomic E-state index is 0.00712. The highest BCUT2D eigenvalue weighted by molar-refractivity contribution is 5.91. The summed E-state index contributed by atoms with van der Waals surface area (Å²) in [6.07, 6.45) is 2.88. The quantitative estimate of drug-likeness (QED) is 0.860. The molecule has 0 aliphatic carbocycles. The van der Waals surface area contributed by atoms with Crippen LogP contribution in [0.25, 0.3) is 0 Å². The second-order valence-electron chi connectivity index (χ2n) is 4.84. The van der Waals surface area contributed by atoms with Crippen molar-refractivity contribution in [3.05, 3.63) is 60.2 Å². The summed E-state index contributed by atoms with van der Waals surface area (Å²) in [5, 5.41) is 11.6. The third-order valence-electron chi connectivity index (χ3n) is 3.14. The minimum atomic E-state index is -1.01. The first kappa shape index (κ1) is 15.6. The van der Waals surface area contributed by atoms with E-state index in [4.69, 9.17) is 5.11 Å². The van der Waals surface area contributed by atoms with Crippen LogP contribution in [0.2, 0.25) is 0 Å². The largest absolute Gasteiger partial charge is 0.481 e. The van der Waals surface area contributed by atoms with Crippen molar-refractivity contribution < 1.29 is 19.1 Å². The van der Waals surface area contributed by atoms with Crippen molar-refractivity contribution in [1.29, 1.82) is 0 Å². The van der Waals surface area contributed by atoms with Gasteiger partial charge in [0.2, 0.25) is 5.91 Å². The summed E-state index contributed by atoms with van der Waals surface area (Å²) in [6.45, 7) is 0. The second kappa shape index (κ2) is 7.31. The lowest BCUT2D eigenvalue weighted by Gasteiger charge is -2.15. The summed E-state index contributed by atoms with van der Waals surface area (Å²) in [5.74, 6) is -2.25. The Morgan fingerprint density at radius 1 is 1.18 bits per heavy atom. The molecule has 0 unspecified atom stereocenters. The van der Waals surface area contributed by atoms with Gasteiger partial charge in [0.1, 0.15) is 5.82 Å². The molecule has 0 aliphatic rings. The van der Waals surface area contributed by atoms with Crippen molar-refractivity contribution in [2.75, 3.05) is 5.32 Å². The summed E-state index contributed by atoms with van der Waals surface area (Å²) < 4.78 is 13.0. The number of nitrogens with one attached hydrogen (secondary N) is 1. The normalized spacial score (nSPS) is 11.7. The van der Waals surface area contributed by atoms with E-state index in [9.17, 15) is 14.0 Å². The van der Waals surface area contributed by atoms with E-state index in [1.807, 2.05) is 0 Å². The number of halogens is 1. The minimum Gasteiger partial charge on any atom is -0.481 e. The maximum absolute atomic E-state index is 13.0. The standard InChI is InChI=1S/C16H15FN2O3/c17-13-5-3-11(4-6-13)12(9-16(21)22)8-15(20)19-14-2-1-7-18-10-14/h1-7,10,12H,8-9H2,(H,19,20)(H,21,22)/t12-/m1/s1. The van der Waals surface area contributed by atoms with Crippen molar-refractivity contribution >= 4 is 17.6 Å². The predicted octanol–water partition coefficient (Wildman–Crippen LogP) is 2.81. The predicted molar refractivity (Wildman–Crippen MR) is 78.9 cm³/mol. The Kier molecular flexibility index (Phi) is 5.19. The van der Waals surface area contributed by atoms with Crippen molar-refractivity contribution in [2.45, 2.75) is 18.8 Å². The van der Waals surface area contributed by atoms with Crippen LogP contribution in [-0.2, 0) is 9.59 Å². The van der Waals surface area contributed by atoms with Crippen LogP contribution >= 0.6 is 0 Å². The lowest BCUT2D eigenvalue weighted by molar-refractivity contribution is -0.137. The molecule has 0 fully saturated rings. The highest BCUT2D eigenvalue weighted by atomic mass is 19.1. The SMILES string of the molecule is O=C(O)C[C@@H](CC(=O)Nc1cccnc1)c1ccc(F)cc1. The van der Waals surface area contributed by atoms with Crippen LogP contribution < -0.4 is 5.32 Å². The van der Waals surface area contributed by atoms with Gasteiger partial charge in [0.25, 0.3) is 0 Å². The Hall–Kier alpha value is -2.76. The third kappa shape index (κ3) is 4.66. The zero-order valence-corrected chi connectivity index (χ0v) is 11.7. The number of aromatic nitrogens is 1. The van der Waals surface area contributed by atoms with Crippen LogP contribution in [0.4, 0.5) is 10.1 Å². The summed E-state index contributed by atoms with van der Waals surface area (Å²) in [6, 6.07) is 8.88. The molecule has 5 nitrogen and oxygen atoms in total. The number of rotatable bonds is 6. The molecule has 1 amide bonds. The van der Waals surface area contributed by atoms with Crippen molar-refractivity contribution in [3.8, 4) is 0 Å². The van der Waals surface area contributed by atoms with Crippen LogP contribution in [0.3, 0.4) is 0 Å². The van der Waals surface area contributed by atoms with Gasteiger partial charge in [-0.15, -0.1) is 0 Å². The average molecular weight is 302 g/mol. The molecule has 0 radical (unpaired) electrons. The van der Waals surface area contributed by atoms with E-state index < -0.39 is 17.7 Å². The fraction of sp³-hybridized carbons (Fsp3) is 0.188. The number of benzene rings is 1. The van der Waals surface area contributed by atoms with Gasteiger partial charge in [0.15, 0.2) is 0 Å². The zero-order valence-electron chi connectivity index (χ0n) is 11.7. The first-order valence-electron chi connectivity index (χ1n) is 6.71. The molecule has 22 heavy (non-hydrogen) atoms. The number of carboxylic acid groups (broad SMARTS) is 1. The second-order valence-corrected chi connectivity index (χ2v) is 4.84. The van der Waals surface area contributed by atoms with Crippen LogP contribution in [0.15, 0.2) is 48.8 Å². The summed E-state index contributed by atoms with van der Waals surface area (Å²) in [4.78, 5) is 26.9. The van der Waals surface area contributed by atoms with Crippen LogP contribution in [0, 0.1) is 5.82 Å². The van der Waals surface area contributed by atoms with Crippen LogP contribution in [-0.4, -0.2) is 22.0 Å². The Morgan fingerprint density at radius 3 is 2.50 bits per heavy atom. The van der Waals surface area contributed by atoms with Gasteiger partial charge in [-0.1, -0.05) is 12.1 Å². The molecule has 0 saturated heterocycles. The molecular weight excluding hydrogens is 287 g/mol. The molecule has 114 valence electrons. The number of nitrogens with zero attached hydrogens (tertiary/aromatic N) is 1. The molecule has 2 aromatic rings. The van der Waals surface area contributed by atoms with Gasteiger partial charge < -0.3 is 10.4 Å². The lowest BCUT2D eigenvalue weighted by atomic mass is 9.92. The first-order chi connectivity index (χ1) is 10.5. The molecule has 0 bridgehead atoms. The monoisotopic (exact) mass is 302 g/mol. The van der Waals surface area contributed by atoms with E-state index >= 15 is 0 Å². The van der Waals surface area contributed by atoms with Crippen molar-refractivity contribution in [2.24, 2.45) is 0 Å². The van der Waals surface area contributed by atoms with Gasteiger partial charge in [-0.3, -0.25) is 14.6 Å². The maximum atomic E-state index is 13.0. The highest BCUT2D eigenvalue weighted by Gasteiger charge is 2.19. The van der Waals surface area contributed by atoms with E-state index in [1.54, 1.807) is 18.3 Å². The van der Waals surface area contributed by atoms with Gasteiger partial charge in [-0.25, -0.2) is 4.39 Å². The summed E-state index contributed by atoms with van der Waals surface area (Å²) in [7, 11) is 0. The molecule has 1 atom stereocenters. The smallest absolute Gasteiger partial charge is 0.303 e. The molecule has 1 aromatic heterocycles. The van der Waals surface area contributed by atoms with Crippen molar-refractivity contribution in [3.63, 3.8) is 0 Å². The number of amides is 1. The average Bonchev–Trinajstić information content (AvgIpc) is 2.48. The first-order valence-corrected chi connectivity index (χ1v) is 6.71. The van der Waals surface area contributed by atoms with Gasteiger partial charge in [-0.2, -0.15) is 0 Å². The third-order valence-corrected chi connectivity index (χ3v) is 3.14. The number of hydrogen-bond donors (Lipinski definition) is 2. The number of carbonyl (C=O) groups excluding carboxylic acids is 1. The lowest BCUT2D eigenvalue weighted by Crippen LogP contribution is -2.17. The van der Waals surface area contributed by atoms with Gasteiger partial charge in [-0.05, 0) is 29.8 Å². The Labute approximate surface area is 126 Å². The molecule has 1 heterocycles. The summed E-state index contributed by atoms with van der Waals surface area (Å²) >= 11 is 0. The molecule has 0 saturated carbocycles. The number of pyridine rings is 1. The number of anilines is 1. The van der Waals surface area contributed by atoms with Crippen LogP contribution in [0.5, 0.6) is 0 Å². The van der Waals surface area contributed by atoms with Crippen LogP contribution in [0.1, 0.15) is 24.3 Å². The fourth-order valence-corrected chi connectivity index (χ4v) is 2.13. The maximum Gasteiger partial charge on any atom is 0.303 e. The number of aliphatic carboxylic acids is 1. The molecular formula is C16H15FN2O3. The molecule has 1 aromatic carbocycles. The van der Waals surface area contributed by atoms with E-state index in [2.05, 4.69) is 10.3 Å². The Morgan fingerprint density at radius 2 is 1.91 bits per heavy atom. The zero-order chi connectivity index (χ0) is 15.9. The molecule has 2 N–H and O–H groups in total. The molecule has 2 rings (SSSR count). The van der Waals surface area contributed by atoms with E-state index in [1.165, 1.54) is 30.5 Å². The Bertz CT molecular complexity index is 644. The number of carbonyl (C=O) groups is 2. The fourth-order valence-electron chi connectivity index (χ4n) is 2.13. The highest BCUT2D eigenvalue weighted by Crippen LogP contribution is 2.24. The topological polar surface area (TPSA) is 79.3 Å². The van der Waals surface area contributed by atoms with E-state index in [-0.39, 0.29) is 18.7 Å². The number of carboxylic acids is 1. The molecule has 6 heteroatoms. The molecule has 0 aliphatic heterocycles.